The van der Waals surface area contributed by atoms with Gasteiger partial charge in [0.15, 0.2) is 0 Å². The number of nitrogens with zero attached hydrogens (tertiary/aromatic N) is 3. The van der Waals surface area contributed by atoms with E-state index in [-0.39, 0.29) is 12.5 Å². The van der Waals surface area contributed by atoms with Crippen LogP contribution in [0.25, 0.3) is 0 Å². The third-order valence-corrected chi connectivity index (χ3v) is 7.39. The fraction of sp³-hybridized carbons (Fsp3) is 0.391. The molecule has 2 aromatic carbocycles. The number of para-hydroxylation sites is 1. The summed E-state index contributed by atoms with van der Waals surface area (Å²) in [6.45, 7) is 3.81. The van der Waals surface area contributed by atoms with E-state index in [4.69, 9.17) is 0 Å². The third kappa shape index (κ3) is 7.28. The van der Waals surface area contributed by atoms with Crippen LogP contribution in [0.3, 0.4) is 0 Å². The number of carbonyl (C=O) groups excluding carboxylic acids is 2. The van der Waals surface area contributed by atoms with Gasteiger partial charge >= 0.3 is 10.2 Å². The van der Waals surface area contributed by atoms with Crippen LogP contribution in [0.2, 0.25) is 0 Å². The smallest absolute Gasteiger partial charge is 0.304 e. The van der Waals surface area contributed by atoms with Crippen molar-refractivity contribution in [2.24, 2.45) is 0 Å². The van der Waals surface area contributed by atoms with Crippen LogP contribution in [0.1, 0.15) is 25.8 Å². The molecule has 0 aromatic heterocycles. The molecule has 0 heterocycles. The fourth-order valence-corrected chi connectivity index (χ4v) is 4.40. The molecule has 8 nitrogen and oxygen atoms in total. The maximum atomic E-state index is 13.5. The van der Waals surface area contributed by atoms with Crippen molar-refractivity contribution in [2.45, 2.75) is 32.9 Å². The molecule has 33 heavy (non-hydrogen) atoms. The predicted octanol–water partition coefficient (Wildman–Crippen LogP) is 3.01. The number of rotatable bonds is 11. The Morgan fingerprint density at radius 2 is 1.64 bits per heavy atom. The SMILES string of the molecule is CCCNC(=O)[C@@H](C)N(Cc1ccc(Br)cc1)C(=O)CN(c1ccccc1)S(=O)(=O)N(C)C. The summed E-state index contributed by atoms with van der Waals surface area (Å²) >= 11 is 3.39. The number of benzene rings is 2. The lowest BCUT2D eigenvalue weighted by atomic mass is 10.1. The van der Waals surface area contributed by atoms with Gasteiger partial charge in [-0.1, -0.05) is 53.2 Å². The Morgan fingerprint density at radius 3 is 2.18 bits per heavy atom. The van der Waals surface area contributed by atoms with Crippen LogP contribution in [0, 0.1) is 0 Å². The highest BCUT2D eigenvalue weighted by Gasteiger charge is 2.32. The Bertz CT molecular complexity index is 1030. The van der Waals surface area contributed by atoms with Crippen LogP contribution in [0.5, 0.6) is 0 Å². The molecular weight excluding hydrogens is 508 g/mol. The first-order valence-electron chi connectivity index (χ1n) is 10.6. The second-order valence-corrected chi connectivity index (χ2v) is 10.7. The van der Waals surface area contributed by atoms with Crippen LogP contribution in [0.4, 0.5) is 5.69 Å². The molecule has 0 aliphatic heterocycles. The van der Waals surface area contributed by atoms with Gasteiger partial charge in [0, 0.05) is 31.7 Å². The van der Waals surface area contributed by atoms with Crippen molar-refractivity contribution in [3.05, 3.63) is 64.6 Å². The standard InChI is InChI=1S/C23H31BrN4O4S/c1-5-15-25-23(30)18(2)27(16-19-11-13-20(24)14-12-19)22(29)17-28(33(31,32)26(3)4)21-9-7-6-8-10-21/h6-14,18H,5,15-17H2,1-4H3,(H,25,30)/t18-/m1/s1. The maximum Gasteiger partial charge on any atom is 0.304 e. The molecule has 180 valence electrons. The first-order valence-corrected chi connectivity index (χ1v) is 12.8. The van der Waals surface area contributed by atoms with Gasteiger partial charge in [-0.2, -0.15) is 12.7 Å². The summed E-state index contributed by atoms with van der Waals surface area (Å²) in [5.41, 5.74) is 1.19. The van der Waals surface area contributed by atoms with E-state index in [9.17, 15) is 18.0 Å². The molecular formula is C23H31BrN4O4S. The normalized spacial score (nSPS) is 12.3. The molecule has 1 atom stereocenters. The lowest BCUT2D eigenvalue weighted by Gasteiger charge is -2.32. The molecule has 0 unspecified atom stereocenters. The number of anilines is 1. The summed E-state index contributed by atoms with van der Waals surface area (Å²) in [6.07, 6.45) is 0.766. The Morgan fingerprint density at radius 1 is 1.03 bits per heavy atom. The van der Waals surface area contributed by atoms with Gasteiger partial charge in [0.1, 0.15) is 12.6 Å². The summed E-state index contributed by atoms with van der Waals surface area (Å²) in [7, 11) is -1.12. The van der Waals surface area contributed by atoms with Crippen molar-refractivity contribution >= 4 is 43.6 Å². The summed E-state index contributed by atoms with van der Waals surface area (Å²) in [6, 6.07) is 15.1. The fourth-order valence-electron chi connectivity index (χ4n) is 3.08. The molecule has 0 radical (unpaired) electrons. The highest BCUT2D eigenvalue weighted by molar-refractivity contribution is 9.10. The molecule has 0 aliphatic carbocycles. The van der Waals surface area contributed by atoms with Crippen LogP contribution in [-0.2, 0) is 26.3 Å². The Kier molecular flexibility index (Phi) is 9.87. The summed E-state index contributed by atoms with van der Waals surface area (Å²) < 4.78 is 29.1. The number of amides is 2. The van der Waals surface area contributed by atoms with Gasteiger partial charge < -0.3 is 10.2 Å². The molecule has 2 rings (SSSR count). The summed E-state index contributed by atoms with van der Waals surface area (Å²) in [5.74, 6) is -0.768. The van der Waals surface area contributed by atoms with E-state index in [0.29, 0.717) is 12.2 Å². The molecule has 0 saturated carbocycles. The molecule has 0 fully saturated rings. The zero-order valence-corrected chi connectivity index (χ0v) is 21.8. The van der Waals surface area contributed by atoms with Gasteiger partial charge in [-0.3, -0.25) is 9.59 Å². The van der Waals surface area contributed by atoms with Crippen molar-refractivity contribution in [2.75, 3.05) is 31.5 Å². The molecule has 1 N–H and O–H groups in total. The lowest BCUT2D eigenvalue weighted by Crippen LogP contribution is -2.52. The number of halogens is 1. The van der Waals surface area contributed by atoms with Gasteiger partial charge in [-0.05, 0) is 43.2 Å². The van der Waals surface area contributed by atoms with Crippen molar-refractivity contribution in [3.8, 4) is 0 Å². The van der Waals surface area contributed by atoms with E-state index in [1.165, 1.54) is 19.0 Å². The first kappa shape index (κ1) is 26.8. The first-order chi connectivity index (χ1) is 15.6. The minimum atomic E-state index is -3.95. The van der Waals surface area contributed by atoms with E-state index < -0.39 is 28.7 Å². The lowest BCUT2D eigenvalue weighted by molar-refractivity contribution is -0.139. The Hall–Kier alpha value is -2.43. The van der Waals surface area contributed by atoms with Gasteiger partial charge in [-0.15, -0.1) is 0 Å². The zero-order chi connectivity index (χ0) is 24.6. The maximum absolute atomic E-state index is 13.5. The highest BCUT2D eigenvalue weighted by Crippen LogP contribution is 2.21. The average Bonchev–Trinajstić information content (AvgIpc) is 2.80. The predicted molar refractivity (Wildman–Crippen MR) is 134 cm³/mol. The molecule has 10 heteroatoms. The minimum absolute atomic E-state index is 0.164. The second kappa shape index (κ2) is 12.2. The second-order valence-electron chi connectivity index (χ2n) is 7.75. The number of hydrogen-bond donors (Lipinski definition) is 1. The molecule has 2 amide bonds. The van der Waals surface area contributed by atoms with E-state index in [0.717, 1.165) is 25.1 Å². The van der Waals surface area contributed by atoms with Gasteiger partial charge in [0.2, 0.25) is 11.8 Å². The largest absolute Gasteiger partial charge is 0.354 e. The van der Waals surface area contributed by atoms with Crippen LogP contribution in [0.15, 0.2) is 59.1 Å². The Balaban J connectivity index is 2.39. The summed E-state index contributed by atoms with van der Waals surface area (Å²) in [5, 5.41) is 2.82. The highest BCUT2D eigenvalue weighted by atomic mass is 79.9. The van der Waals surface area contributed by atoms with Crippen molar-refractivity contribution in [3.63, 3.8) is 0 Å². The summed E-state index contributed by atoms with van der Waals surface area (Å²) in [4.78, 5) is 27.6. The van der Waals surface area contributed by atoms with Gasteiger partial charge in [0.25, 0.3) is 0 Å². The van der Waals surface area contributed by atoms with Crippen molar-refractivity contribution < 1.29 is 18.0 Å². The van der Waals surface area contributed by atoms with E-state index in [1.807, 2.05) is 31.2 Å². The topological polar surface area (TPSA) is 90.0 Å². The van der Waals surface area contributed by atoms with Crippen LogP contribution in [-0.4, -0.2) is 62.7 Å². The zero-order valence-electron chi connectivity index (χ0n) is 19.4. The average molecular weight is 539 g/mol. The quantitative estimate of drug-likeness (QED) is 0.476. The van der Waals surface area contributed by atoms with Gasteiger partial charge in [0.05, 0.1) is 5.69 Å². The number of carbonyl (C=O) groups is 2. The minimum Gasteiger partial charge on any atom is -0.354 e. The molecule has 0 aliphatic rings. The van der Waals surface area contributed by atoms with Crippen LogP contribution >= 0.6 is 15.9 Å². The molecule has 2 aromatic rings. The van der Waals surface area contributed by atoms with Crippen LogP contribution < -0.4 is 9.62 Å². The van der Waals surface area contributed by atoms with E-state index in [2.05, 4.69) is 21.2 Å². The molecule has 0 saturated heterocycles. The molecule has 0 spiro atoms. The van der Waals surface area contributed by atoms with Crippen molar-refractivity contribution in [1.82, 2.24) is 14.5 Å². The van der Waals surface area contributed by atoms with E-state index in [1.54, 1.807) is 37.3 Å². The number of nitrogens with one attached hydrogen (secondary N) is 1. The third-order valence-electron chi connectivity index (χ3n) is 5.05. The Labute approximate surface area is 204 Å². The molecule has 0 bridgehead atoms. The monoisotopic (exact) mass is 538 g/mol. The van der Waals surface area contributed by atoms with Crippen molar-refractivity contribution in [1.29, 1.82) is 0 Å². The van der Waals surface area contributed by atoms with E-state index >= 15 is 0 Å². The van der Waals surface area contributed by atoms with Gasteiger partial charge in [-0.25, -0.2) is 4.31 Å². The number of hydrogen-bond acceptors (Lipinski definition) is 4.